The number of hydrogen-bond acceptors (Lipinski definition) is 3. The van der Waals surface area contributed by atoms with E-state index in [0.717, 1.165) is 12.1 Å². The first-order valence-corrected chi connectivity index (χ1v) is 8.12. The molecule has 2 rings (SSSR count). The molecule has 0 saturated carbocycles. The molecular formula is C20H21F3O3. The molecule has 0 aliphatic heterocycles. The molecule has 0 spiro atoms. The van der Waals surface area contributed by atoms with Crippen LogP contribution in [0.1, 0.15) is 24.5 Å². The monoisotopic (exact) mass is 366 g/mol. The minimum Gasteiger partial charge on any atom is -0.469 e. The Morgan fingerprint density at radius 3 is 2.46 bits per heavy atom. The van der Waals surface area contributed by atoms with Gasteiger partial charge in [0.05, 0.1) is 25.2 Å². The zero-order chi connectivity index (χ0) is 19.4. The number of rotatable bonds is 5. The van der Waals surface area contributed by atoms with Crippen molar-refractivity contribution in [1.82, 2.24) is 0 Å². The first-order valence-electron chi connectivity index (χ1n) is 8.12. The van der Waals surface area contributed by atoms with E-state index in [4.69, 9.17) is 4.74 Å². The highest BCUT2D eigenvalue weighted by molar-refractivity contribution is 5.76. The third-order valence-electron chi connectivity index (χ3n) is 4.60. The van der Waals surface area contributed by atoms with Gasteiger partial charge in [0, 0.05) is 5.41 Å². The largest absolute Gasteiger partial charge is 0.469 e. The standard InChI is InChI=1S/C20H21F3O3/c1-19(11-4-3-5-17(19)18(25)26-2)12-10-15(13-24)14-6-8-16(9-7-14)20(21,22)23/h3-11,17,24H,12-13H2,1-2H3/b15-10+. The van der Waals surface area contributed by atoms with E-state index in [1.54, 1.807) is 18.2 Å². The van der Waals surface area contributed by atoms with E-state index in [9.17, 15) is 23.1 Å². The molecule has 1 aliphatic rings. The summed E-state index contributed by atoms with van der Waals surface area (Å²) in [5.74, 6) is -0.831. The van der Waals surface area contributed by atoms with E-state index in [-0.39, 0.29) is 12.6 Å². The summed E-state index contributed by atoms with van der Waals surface area (Å²) in [5, 5.41) is 9.63. The fourth-order valence-corrected chi connectivity index (χ4v) is 2.93. The van der Waals surface area contributed by atoms with E-state index < -0.39 is 23.1 Å². The number of hydrogen-bond donors (Lipinski definition) is 1. The van der Waals surface area contributed by atoms with Crippen LogP contribution in [0, 0.1) is 11.3 Å². The van der Waals surface area contributed by atoms with Crippen LogP contribution in [-0.4, -0.2) is 24.8 Å². The molecule has 1 aliphatic carbocycles. The Kier molecular flexibility index (Phi) is 6.08. The number of aliphatic hydroxyl groups is 1. The van der Waals surface area contributed by atoms with Crippen molar-refractivity contribution in [3.8, 4) is 0 Å². The number of ether oxygens (including phenoxy) is 1. The van der Waals surface area contributed by atoms with Crippen molar-refractivity contribution in [2.45, 2.75) is 19.5 Å². The average Bonchev–Trinajstić information content (AvgIpc) is 2.61. The minimum absolute atomic E-state index is 0.316. The van der Waals surface area contributed by atoms with Gasteiger partial charge in [-0.15, -0.1) is 0 Å². The summed E-state index contributed by atoms with van der Waals surface area (Å²) in [5.41, 5.74) is -0.272. The average molecular weight is 366 g/mol. The number of benzene rings is 1. The van der Waals surface area contributed by atoms with Crippen molar-refractivity contribution in [2.75, 3.05) is 13.7 Å². The van der Waals surface area contributed by atoms with Gasteiger partial charge in [-0.05, 0) is 29.7 Å². The molecule has 0 amide bonds. The second kappa shape index (κ2) is 7.91. The maximum absolute atomic E-state index is 12.7. The molecule has 0 radical (unpaired) electrons. The molecule has 0 heterocycles. The lowest BCUT2D eigenvalue weighted by molar-refractivity contribution is -0.146. The molecule has 0 saturated heterocycles. The van der Waals surface area contributed by atoms with Crippen LogP contribution in [0.3, 0.4) is 0 Å². The van der Waals surface area contributed by atoms with Gasteiger partial charge in [-0.3, -0.25) is 4.79 Å². The predicted molar refractivity (Wildman–Crippen MR) is 93.0 cm³/mol. The molecule has 1 aromatic rings. The number of carbonyl (C=O) groups is 1. The predicted octanol–water partition coefficient (Wildman–Crippen LogP) is 4.39. The van der Waals surface area contributed by atoms with Crippen LogP contribution in [0.25, 0.3) is 5.57 Å². The van der Waals surface area contributed by atoms with Crippen molar-refractivity contribution in [3.05, 3.63) is 65.8 Å². The molecule has 1 aromatic carbocycles. The second-order valence-electron chi connectivity index (χ2n) is 6.42. The maximum Gasteiger partial charge on any atom is 0.416 e. The highest BCUT2D eigenvalue weighted by Gasteiger charge is 2.36. The Labute approximate surface area is 150 Å². The molecule has 140 valence electrons. The lowest BCUT2D eigenvalue weighted by Crippen LogP contribution is -2.32. The van der Waals surface area contributed by atoms with Crippen LogP contribution in [0.2, 0.25) is 0 Å². The summed E-state index contributed by atoms with van der Waals surface area (Å²) in [6, 6.07) is 4.64. The van der Waals surface area contributed by atoms with Gasteiger partial charge in [0.2, 0.25) is 0 Å². The quantitative estimate of drug-likeness (QED) is 0.786. The number of esters is 1. The Morgan fingerprint density at radius 1 is 1.27 bits per heavy atom. The zero-order valence-electron chi connectivity index (χ0n) is 14.6. The smallest absolute Gasteiger partial charge is 0.416 e. The van der Waals surface area contributed by atoms with E-state index in [1.807, 2.05) is 19.1 Å². The van der Waals surface area contributed by atoms with Crippen LogP contribution in [-0.2, 0) is 15.7 Å². The minimum atomic E-state index is -4.40. The lowest BCUT2D eigenvalue weighted by Gasteiger charge is -2.32. The van der Waals surface area contributed by atoms with Gasteiger partial charge in [0.15, 0.2) is 0 Å². The van der Waals surface area contributed by atoms with Gasteiger partial charge in [-0.2, -0.15) is 13.2 Å². The van der Waals surface area contributed by atoms with Gasteiger partial charge < -0.3 is 9.84 Å². The lowest BCUT2D eigenvalue weighted by atomic mass is 9.71. The summed E-state index contributed by atoms with van der Waals surface area (Å²) in [6.07, 6.45) is 5.04. The number of halogens is 3. The Bertz CT molecular complexity index is 730. The first-order chi connectivity index (χ1) is 12.2. The summed E-state index contributed by atoms with van der Waals surface area (Å²) in [6.45, 7) is 1.58. The zero-order valence-corrected chi connectivity index (χ0v) is 14.6. The molecular weight excluding hydrogens is 345 g/mol. The molecule has 2 atom stereocenters. The highest BCUT2D eigenvalue weighted by Crippen LogP contribution is 2.39. The van der Waals surface area contributed by atoms with Gasteiger partial charge in [-0.1, -0.05) is 49.4 Å². The summed E-state index contributed by atoms with van der Waals surface area (Å²) < 4.78 is 42.9. The molecule has 1 N–H and O–H groups in total. The van der Waals surface area contributed by atoms with Crippen LogP contribution >= 0.6 is 0 Å². The third kappa shape index (κ3) is 4.43. The Hall–Kier alpha value is -2.34. The van der Waals surface area contributed by atoms with Crippen LogP contribution in [0.15, 0.2) is 54.6 Å². The van der Waals surface area contributed by atoms with E-state index in [2.05, 4.69) is 0 Å². The third-order valence-corrected chi connectivity index (χ3v) is 4.60. The van der Waals surface area contributed by atoms with E-state index in [0.29, 0.717) is 17.6 Å². The summed E-state index contributed by atoms with van der Waals surface area (Å²) in [7, 11) is 1.33. The SMILES string of the molecule is COC(=O)C1C=CC=CC1(C)C/C=C(\CO)c1ccc(C(F)(F)F)cc1. The van der Waals surface area contributed by atoms with Crippen LogP contribution in [0.4, 0.5) is 13.2 Å². The van der Waals surface area contributed by atoms with Gasteiger partial charge in [0.1, 0.15) is 0 Å². The normalized spacial score (nSPS) is 23.2. The number of alkyl halides is 3. The molecule has 26 heavy (non-hydrogen) atoms. The van der Waals surface area contributed by atoms with Crippen molar-refractivity contribution in [1.29, 1.82) is 0 Å². The maximum atomic E-state index is 12.7. The highest BCUT2D eigenvalue weighted by atomic mass is 19.4. The molecule has 0 aromatic heterocycles. The van der Waals surface area contributed by atoms with Crippen molar-refractivity contribution in [2.24, 2.45) is 11.3 Å². The van der Waals surface area contributed by atoms with Gasteiger partial charge >= 0.3 is 12.1 Å². The van der Waals surface area contributed by atoms with Gasteiger partial charge in [0.25, 0.3) is 0 Å². The molecule has 6 heteroatoms. The molecule has 0 bridgehead atoms. The van der Waals surface area contributed by atoms with Crippen molar-refractivity contribution >= 4 is 11.5 Å². The van der Waals surface area contributed by atoms with Crippen LogP contribution in [0.5, 0.6) is 0 Å². The summed E-state index contributed by atoms with van der Waals surface area (Å²) in [4.78, 5) is 12.0. The first kappa shape index (κ1) is 20.0. The fraction of sp³-hybridized carbons (Fsp3) is 0.350. The summed E-state index contributed by atoms with van der Waals surface area (Å²) >= 11 is 0. The van der Waals surface area contributed by atoms with Gasteiger partial charge in [-0.25, -0.2) is 0 Å². The molecule has 0 fully saturated rings. The van der Waals surface area contributed by atoms with E-state index in [1.165, 1.54) is 19.2 Å². The number of allylic oxidation sites excluding steroid dienone is 4. The van der Waals surface area contributed by atoms with E-state index >= 15 is 0 Å². The Balaban J connectivity index is 2.24. The topological polar surface area (TPSA) is 46.5 Å². The second-order valence-corrected chi connectivity index (χ2v) is 6.42. The van der Waals surface area contributed by atoms with Crippen LogP contribution < -0.4 is 0 Å². The Morgan fingerprint density at radius 2 is 1.92 bits per heavy atom. The number of aliphatic hydroxyl groups excluding tert-OH is 1. The van der Waals surface area contributed by atoms with Crippen molar-refractivity contribution in [3.63, 3.8) is 0 Å². The van der Waals surface area contributed by atoms with Crippen molar-refractivity contribution < 1.29 is 27.8 Å². The molecule has 2 unspecified atom stereocenters. The number of methoxy groups -OCH3 is 1. The fourth-order valence-electron chi connectivity index (χ4n) is 2.93. The molecule has 3 nitrogen and oxygen atoms in total. The number of carbonyl (C=O) groups excluding carboxylic acids is 1.